The van der Waals surface area contributed by atoms with E-state index in [1.54, 1.807) is 0 Å². The van der Waals surface area contributed by atoms with E-state index in [4.69, 9.17) is 4.74 Å². The molecule has 0 unspecified atom stereocenters. The van der Waals surface area contributed by atoms with E-state index in [-0.39, 0.29) is 5.54 Å². The minimum Gasteiger partial charge on any atom is -0.493 e. The van der Waals surface area contributed by atoms with Crippen LogP contribution >= 0.6 is 15.9 Å². The van der Waals surface area contributed by atoms with E-state index >= 15 is 0 Å². The van der Waals surface area contributed by atoms with Crippen LogP contribution in [0.1, 0.15) is 58.9 Å². The van der Waals surface area contributed by atoms with Crippen LogP contribution in [0.15, 0.2) is 22.7 Å². The van der Waals surface area contributed by atoms with Crippen molar-refractivity contribution in [2.45, 2.75) is 58.9 Å². The average Bonchev–Trinajstić information content (AvgIpc) is 2.33. The monoisotopic (exact) mass is 341 g/mol. The number of unbranched alkanes of at least 4 members (excludes halogenated alkanes) is 1. The van der Waals surface area contributed by atoms with Crippen molar-refractivity contribution in [3.63, 3.8) is 0 Å². The highest BCUT2D eigenvalue weighted by molar-refractivity contribution is 9.10. The van der Waals surface area contributed by atoms with Gasteiger partial charge in [-0.05, 0) is 69.8 Å². The largest absolute Gasteiger partial charge is 0.493 e. The summed E-state index contributed by atoms with van der Waals surface area (Å²) < 4.78 is 7.05. The zero-order valence-corrected chi connectivity index (χ0v) is 15.0. The number of halogens is 1. The molecule has 0 fully saturated rings. The molecule has 1 rings (SSSR count). The Labute approximate surface area is 132 Å². The second-order valence-corrected chi connectivity index (χ2v) is 7.48. The first-order chi connectivity index (χ1) is 9.29. The molecule has 1 aromatic carbocycles. The van der Waals surface area contributed by atoms with Crippen LogP contribution in [0.25, 0.3) is 0 Å². The molecule has 0 bridgehead atoms. The molecule has 0 aromatic heterocycles. The summed E-state index contributed by atoms with van der Waals surface area (Å²) in [5.41, 5.74) is 1.48. The standard InChI is InChI=1S/C17H28BrNO/c1-13(2)15-12-14(18)8-9-16(15)20-11-7-6-10-19-17(3,4)5/h8-9,12-13,19H,6-7,10-11H2,1-5H3. The van der Waals surface area contributed by atoms with E-state index in [9.17, 15) is 0 Å². The number of hydrogen-bond donors (Lipinski definition) is 1. The first-order valence-electron chi connectivity index (χ1n) is 7.47. The Morgan fingerprint density at radius 1 is 1.20 bits per heavy atom. The van der Waals surface area contributed by atoms with Crippen molar-refractivity contribution in [2.75, 3.05) is 13.2 Å². The van der Waals surface area contributed by atoms with E-state index in [0.29, 0.717) is 5.92 Å². The van der Waals surface area contributed by atoms with Gasteiger partial charge in [-0.25, -0.2) is 0 Å². The van der Waals surface area contributed by atoms with Crippen LogP contribution in [0.5, 0.6) is 5.75 Å². The predicted octanol–water partition coefficient (Wildman–Crippen LogP) is 5.12. The van der Waals surface area contributed by atoms with Gasteiger partial charge in [0.1, 0.15) is 5.75 Å². The average molecular weight is 342 g/mol. The van der Waals surface area contributed by atoms with E-state index < -0.39 is 0 Å². The summed E-state index contributed by atoms with van der Waals surface area (Å²) in [5.74, 6) is 1.50. The van der Waals surface area contributed by atoms with Crippen molar-refractivity contribution < 1.29 is 4.74 Å². The highest BCUT2D eigenvalue weighted by atomic mass is 79.9. The van der Waals surface area contributed by atoms with Gasteiger partial charge >= 0.3 is 0 Å². The fourth-order valence-corrected chi connectivity index (χ4v) is 2.35. The lowest BCUT2D eigenvalue weighted by molar-refractivity contribution is 0.297. The summed E-state index contributed by atoms with van der Waals surface area (Å²) in [6.45, 7) is 12.8. The van der Waals surface area contributed by atoms with Crippen LogP contribution in [0.4, 0.5) is 0 Å². The van der Waals surface area contributed by atoms with Crippen molar-refractivity contribution in [3.05, 3.63) is 28.2 Å². The van der Waals surface area contributed by atoms with E-state index in [1.165, 1.54) is 5.56 Å². The maximum Gasteiger partial charge on any atom is 0.122 e. The van der Waals surface area contributed by atoms with Crippen molar-refractivity contribution in [2.24, 2.45) is 0 Å². The van der Waals surface area contributed by atoms with Crippen LogP contribution < -0.4 is 10.1 Å². The molecule has 0 aliphatic rings. The number of ether oxygens (including phenoxy) is 1. The van der Waals surface area contributed by atoms with Gasteiger partial charge in [0.25, 0.3) is 0 Å². The highest BCUT2D eigenvalue weighted by Gasteiger charge is 2.09. The molecule has 1 N–H and O–H groups in total. The van der Waals surface area contributed by atoms with Crippen molar-refractivity contribution in [1.82, 2.24) is 5.32 Å². The van der Waals surface area contributed by atoms with Gasteiger partial charge in [0.15, 0.2) is 0 Å². The minimum absolute atomic E-state index is 0.206. The molecule has 20 heavy (non-hydrogen) atoms. The smallest absolute Gasteiger partial charge is 0.122 e. The highest BCUT2D eigenvalue weighted by Crippen LogP contribution is 2.29. The molecule has 2 nitrogen and oxygen atoms in total. The summed E-state index contributed by atoms with van der Waals surface area (Å²) in [6.07, 6.45) is 2.22. The number of hydrogen-bond acceptors (Lipinski definition) is 2. The first kappa shape index (κ1) is 17.5. The third kappa shape index (κ3) is 6.76. The summed E-state index contributed by atoms with van der Waals surface area (Å²) in [7, 11) is 0. The molecule has 0 saturated heterocycles. The van der Waals surface area contributed by atoms with Crippen LogP contribution in [0, 0.1) is 0 Å². The fourth-order valence-electron chi connectivity index (χ4n) is 1.97. The van der Waals surface area contributed by atoms with Crippen molar-refractivity contribution >= 4 is 15.9 Å². The Bertz CT molecular complexity index is 410. The second kappa shape index (κ2) is 8.04. The van der Waals surface area contributed by atoms with Crippen LogP contribution in [0.3, 0.4) is 0 Å². The molecule has 0 heterocycles. The number of rotatable bonds is 7. The summed E-state index contributed by atoms with van der Waals surface area (Å²) in [4.78, 5) is 0. The van der Waals surface area contributed by atoms with Crippen molar-refractivity contribution in [1.29, 1.82) is 0 Å². The Balaban J connectivity index is 2.35. The Morgan fingerprint density at radius 3 is 2.50 bits per heavy atom. The molecule has 0 aliphatic heterocycles. The molecule has 0 radical (unpaired) electrons. The molecule has 0 atom stereocenters. The third-order valence-corrected chi connectivity index (χ3v) is 3.57. The summed E-state index contributed by atoms with van der Waals surface area (Å²) in [5, 5.41) is 3.50. The molecule has 0 spiro atoms. The van der Waals surface area contributed by atoms with E-state index in [1.807, 2.05) is 6.07 Å². The minimum atomic E-state index is 0.206. The van der Waals surface area contributed by atoms with Gasteiger partial charge in [0, 0.05) is 10.0 Å². The molecule has 0 amide bonds. The van der Waals surface area contributed by atoms with Gasteiger partial charge in [-0.2, -0.15) is 0 Å². The maximum absolute atomic E-state index is 5.94. The van der Waals surface area contributed by atoms with Gasteiger partial charge in [0.2, 0.25) is 0 Å². The Kier molecular flexibility index (Phi) is 7.04. The first-order valence-corrected chi connectivity index (χ1v) is 8.26. The lowest BCUT2D eigenvalue weighted by Crippen LogP contribution is -2.36. The van der Waals surface area contributed by atoms with Crippen LogP contribution in [-0.2, 0) is 0 Å². The van der Waals surface area contributed by atoms with Crippen LogP contribution in [-0.4, -0.2) is 18.7 Å². The zero-order chi connectivity index (χ0) is 15.2. The third-order valence-electron chi connectivity index (χ3n) is 3.08. The second-order valence-electron chi connectivity index (χ2n) is 6.57. The Hall–Kier alpha value is -0.540. The van der Waals surface area contributed by atoms with E-state index in [0.717, 1.165) is 36.2 Å². The van der Waals surface area contributed by atoms with Gasteiger partial charge in [0.05, 0.1) is 6.61 Å². The molecule has 0 aliphatic carbocycles. The van der Waals surface area contributed by atoms with Crippen molar-refractivity contribution in [3.8, 4) is 5.75 Å². The lowest BCUT2D eigenvalue weighted by Gasteiger charge is -2.20. The summed E-state index contributed by atoms with van der Waals surface area (Å²) >= 11 is 3.52. The summed E-state index contributed by atoms with van der Waals surface area (Å²) in [6, 6.07) is 6.26. The quantitative estimate of drug-likeness (QED) is 0.695. The normalized spacial score (nSPS) is 11.9. The van der Waals surface area contributed by atoms with Gasteiger partial charge in [-0.1, -0.05) is 29.8 Å². The number of nitrogens with one attached hydrogen (secondary N) is 1. The lowest BCUT2D eigenvalue weighted by atomic mass is 10.0. The molecule has 1 aromatic rings. The zero-order valence-electron chi connectivity index (χ0n) is 13.4. The van der Waals surface area contributed by atoms with Gasteiger partial charge in [-0.15, -0.1) is 0 Å². The van der Waals surface area contributed by atoms with E-state index in [2.05, 4.69) is 68.0 Å². The number of benzene rings is 1. The topological polar surface area (TPSA) is 21.3 Å². The van der Waals surface area contributed by atoms with Crippen LogP contribution in [0.2, 0.25) is 0 Å². The maximum atomic E-state index is 5.94. The van der Waals surface area contributed by atoms with Gasteiger partial charge in [-0.3, -0.25) is 0 Å². The fraction of sp³-hybridized carbons (Fsp3) is 0.647. The molecule has 3 heteroatoms. The molecule has 114 valence electrons. The van der Waals surface area contributed by atoms with Gasteiger partial charge < -0.3 is 10.1 Å². The predicted molar refractivity (Wildman–Crippen MR) is 90.7 cm³/mol. The molecule has 0 saturated carbocycles. The molecular weight excluding hydrogens is 314 g/mol. The molecular formula is C17H28BrNO. The Morgan fingerprint density at radius 2 is 1.90 bits per heavy atom. The SMILES string of the molecule is CC(C)c1cc(Br)ccc1OCCCCNC(C)(C)C.